The van der Waals surface area contributed by atoms with E-state index in [1.807, 2.05) is 6.07 Å². The first-order valence-electron chi connectivity index (χ1n) is 4.45. The molecular formula is C11H10ClNO3. The number of pyridine rings is 2. The van der Waals surface area contributed by atoms with Crippen LogP contribution in [0.4, 0.5) is 0 Å². The lowest BCUT2D eigenvalue weighted by molar-refractivity contribution is 0.0694. The van der Waals surface area contributed by atoms with E-state index in [-0.39, 0.29) is 18.0 Å². The smallest absolute Gasteiger partial charge is 0.341 e. The summed E-state index contributed by atoms with van der Waals surface area (Å²) < 4.78 is 1.35. The van der Waals surface area contributed by atoms with Gasteiger partial charge in [0.15, 0.2) is 0 Å². The maximum absolute atomic E-state index is 11.7. The van der Waals surface area contributed by atoms with E-state index < -0.39 is 11.5 Å². The van der Waals surface area contributed by atoms with E-state index >= 15 is 0 Å². The summed E-state index contributed by atoms with van der Waals surface area (Å²) in [5.41, 5.74) is 0.806. The monoisotopic (exact) mass is 239 g/mol. The number of hydrogen-bond donors (Lipinski definition) is 1. The summed E-state index contributed by atoms with van der Waals surface area (Å²) in [6.45, 7) is 1.78. The van der Waals surface area contributed by atoms with Gasteiger partial charge in [0.25, 0.3) is 5.56 Å². The summed E-state index contributed by atoms with van der Waals surface area (Å²) >= 11 is 0. The molecule has 84 valence electrons. The quantitative estimate of drug-likeness (QED) is 0.825. The largest absolute Gasteiger partial charge is 0.477 e. The first-order valence-corrected chi connectivity index (χ1v) is 4.45. The topological polar surface area (TPSA) is 58.8 Å². The number of aromatic nitrogens is 1. The predicted octanol–water partition coefficient (Wildman–Crippen LogP) is 1.73. The molecule has 2 aromatic rings. The molecule has 2 heterocycles. The van der Waals surface area contributed by atoms with Crippen molar-refractivity contribution in [2.75, 3.05) is 0 Å². The van der Waals surface area contributed by atoms with Crippen LogP contribution in [0.15, 0.2) is 35.3 Å². The first kappa shape index (κ1) is 12.3. The molecule has 0 saturated carbocycles. The number of carbonyl (C=O) groups is 1. The zero-order chi connectivity index (χ0) is 11.0. The van der Waals surface area contributed by atoms with Gasteiger partial charge in [-0.15, -0.1) is 12.4 Å². The Bertz CT molecular complexity index is 604. The van der Waals surface area contributed by atoms with Gasteiger partial charge in [-0.05, 0) is 30.7 Å². The molecule has 0 aliphatic rings. The zero-order valence-electron chi connectivity index (χ0n) is 8.51. The Hall–Kier alpha value is -1.81. The summed E-state index contributed by atoms with van der Waals surface area (Å²) in [5, 5.41) is 8.84. The van der Waals surface area contributed by atoms with Crippen LogP contribution in [0.25, 0.3) is 5.52 Å². The Morgan fingerprint density at radius 3 is 2.69 bits per heavy atom. The maximum atomic E-state index is 11.7. The fourth-order valence-corrected chi connectivity index (χ4v) is 1.58. The molecule has 1 N–H and O–H groups in total. The molecule has 5 heteroatoms. The van der Waals surface area contributed by atoms with Crippen LogP contribution >= 0.6 is 12.4 Å². The first-order chi connectivity index (χ1) is 7.11. The van der Waals surface area contributed by atoms with Crippen LogP contribution in [0.5, 0.6) is 0 Å². The number of nitrogens with zero attached hydrogens (tertiary/aromatic N) is 1. The standard InChI is InChI=1S/C11H9NO3.ClH/c1-7-6-8(11(14)15)10(13)12-5-3-2-4-9(7)12;/h2-6H,1H3,(H,14,15);1H. The van der Waals surface area contributed by atoms with Gasteiger partial charge in [0, 0.05) is 6.20 Å². The van der Waals surface area contributed by atoms with Crippen molar-refractivity contribution in [2.45, 2.75) is 6.92 Å². The highest BCUT2D eigenvalue weighted by molar-refractivity contribution is 5.88. The summed E-state index contributed by atoms with van der Waals surface area (Å²) in [6, 6.07) is 6.68. The van der Waals surface area contributed by atoms with Gasteiger partial charge in [-0.3, -0.25) is 9.20 Å². The minimum absolute atomic E-state index is 0. The van der Waals surface area contributed by atoms with Gasteiger partial charge in [0.05, 0.1) is 5.52 Å². The summed E-state index contributed by atoms with van der Waals surface area (Å²) in [6.07, 6.45) is 1.57. The maximum Gasteiger partial charge on any atom is 0.341 e. The molecule has 0 amide bonds. The zero-order valence-corrected chi connectivity index (χ0v) is 9.32. The van der Waals surface area contributed by atoms with Gasteiger partial charge in [0.1, 0.15) is 5.56 Å². The molecule has 16 heavy (non-hydrogen) atoms. The fourth-order valence-electron chi connectivity index (χ4n) is 1.58. The Kier molecular flexibility index (Phi) is 3.34. The third kappa shape index (κ3) is 1.79. The van der Waals surface area contributed by atoms with Crippen molar-refractivity contribution in [1.82, 2.24) is 4.40 Å². The molecule has 2 rings (SSSR count). The van der Waals surface area contributed by atoms with Crippen molar-refractivity contribution in [3.8, 4) is 0 Å². The predicted molar refractivity (Wildman–Crippen MR) is 62.6 cm³/mol. The number of fused-ring (bicyclic) bond motifs is 1. The second-order valence-electron chi connectivity index (χ2n) is 3.31. The van der Waals surface area contributed by atoms with Gasteiger partial charge < -0.3 is 5.11 Å². The Labute approximate surface area is 97.6 Å². The Balaban J connectivity index is 0.00000128. The van der Waals surface area contributed by atoms with E-state index in [9.17, 15) is 9.59 Å². The number of carboxylic acids is 1. The molecule has 0 aliphatic heterocycles. The highest BCUT2D eigenvalue weighted by Gasteiger charge is 2.11. The Morgan fingerprint density at radius 2 is 2.06 bits per heavy atom. The SMILES string of the molecule is Cc1cc(C(=O)O)c(=O)n2ccccc12.Cl. The van der Waals surface area contributed by atoms with Crippen molar-refractivity contribution in [3.05, 3.63) is 51.9 Å². The van der Waals surface area contributed by atoms with Crippen molar-refractivity contribution >= 4 is 23.9 Å². The van der Waals surface area contributed by atoms with Crippen molar-refractivity contribution in [1.29, 1.82) is 0 Å². The normalized spacial score (nSPS) is 9.81. The second-order valence-corrected chi connectivity index (χ2v) is 3.31. The minimum atomic E-state index is -1.19. The third-order valence-electron chi connectivity index (χ3n) is 2.30. The van der Waals surface area contributed by atoms with E-state index in [0.717, 1.165) is 11.1 Å². The number of aromatic carboxylic acids is 1. The number of halogens is 1. The van der Waals surface area contributed by atoms with Crippen LogP contribution in [0.1, 0.15) is 15.9 Å². The number of rotatable bonds is 1. The summed E-state index contributed by atoms with van der Waals surface area (Å²) in [5.74, 6) is -1.19. The molecular weight excluding hydrogens is 230 g/mol. The van der Waals surface area contributed by atoms with E-state index in [1.165, 1.54) is 10.5 Å². The van der Waals surface area contributed by atoms with Crippen LogP contribution in [0, 0.1) is 6.92 Å². The Morgan fingerprint density at radius 1 is 1.38 bits per heavy atom. The highest BCUT2D eigenvalue weighted by Crippen LogP contribution is 2.08. The van der Waals surface area contributed by atoms with E-state index in [2.05, 4.69) is 0 Å². The number of aryl methyl sites for hydroxylation is 1. The summed E-state index contributed by atoms with van der Waals surface area (Å²) in [4.78, 5) is 22.5. The molecule has 0 saturated heterocycles. The van der Waals surface area contributed by atoms with E-state index in [1.54, 1.807) is 25.3 Å². The highest BCUT2D eigenvalue weighted by atomic mass is 35.5. The van der Waals surface area contributed by atoms with Crippen LogP contribution in [0.3, 0.4) is 0 Å². The molecule has 4 nitrogen and oxygen atoms in total. The average Bonchev–Trinajstić information content (AvgIpc) is 2.23. The third-order valence-corrected chi connectivity index (χ3v) is 2.30. The van der Waals surface area contributed by atoms with Gasteiger partial charge in [-0.25, -0.2) is 4.79 Å². The van der Waals surface area contributed by atoms with E-state index in [0.29, 0.717) is 0 Å². The molecule has 2 aromatic heterocycles. The van der Waals surface area contributed by atoms with Gasteiger partial charge >= 0.3 is 5.97 Å². The molecule has 0 atom stereocenters. The lowest BCUT2D eigenvalue weighted by atomic mass is 10.1. The van der Waals surface area contributed by atoms with Crippen LogP contribution in [-0.4, -0.2) is 15.5 Å². The number of carboxylic acid groups (broad SMARTS) is 1. The van der Waals surface area contributed by atoms with Crippen LogP contribution in [-0.2, 0) is 0 Å². The van der Waals surface area contributed by atoms with Gasteiger partial charge in [-0.2, -0.15) is 0 Å². The summed E-state index contributed by atoms with van der Waals surface area (Å²) in [7, 11) is 0. The lowest BCUT2D eigenvalue weighted by Gasteiger charge is -2.04. The van der Waals surface area contributed by atoms with Crippen LogP contribution in [0.2, 0.25) is 0 Å². The fraction of sp³-hybridized carbons (Fsp3) is 0.0909. The van der Waals surface area contributed by atoms with E-state index in [4.69, 9.17) is 5.11 Å². The molecule has 0 aromatic carbocycles. The second kappa shape index (κ2) is 4.37. The molecule has 0 spiro atoms. The molecule has 0 unspecified atom stereocenters. The molecule has 0 radical (unpaired) electrons. The minimum Gasteiger partial charge on any atom is -0.477 e. The van der Waals surface area contributed by atoms with Crippen LogP contribution < -0.4 is 5.56 Å². The van der Waals surface area contributed by atoms with Crippen molar-refractivity contribution < 1.29 is 9.90 Å². The molecule has 0 fully saturated rings. The van der Waals surface area contributed by atoms with Crippen molar-refractivity contribution in [3.63, 3.8) is 0 Å². The lowest BCUT2D eigenvalue weighted by Crippen LogP contribution is -2.22. The van der Waals surface area contributed by atoms with Gasteiger partial charge in [-0.1, -0.05) is 6.07 Å². The van der Waals surface area contributed by atoms with Gasteiger partial charge in [0.2, 0.25) is 0 Å². The molecule has 0 bridgehead atoms. The van der Waals surface area contributed by atoms with Crippen molar-refractivity contribution in [2.24, 2.45) is 0 Å². The number of hydrogen-bond acceptors (Lipinski definition) is 2. The molecule has 0 aliphatic carbocycles. The average molecular weight is 240 g/mol.